The minimum atomic E-state index is -0.121. The summed E-state index contributed by atoms with van der Waals surface area (Å²) in [6.45, 7) is 7.15. The first kappa shape index (κ1) is 20.2. The van der Waals surface area contributed by atoms with Gasteiger partial charge in [0.1, 0.15) is 0 Å². The van der Waals surface area contributed by atoms with Crippen molar-refractivity contribution in [2.24, 2.45) is 18.0 Å². The van der Waals surface area contributed by atoms with Crippen molar-refractivity contribution in [2.75, 3.05) is 0 Å². The predicted octanol–water partition coefficient (Wildman–Crippen LogP) is 4.89. The zero-order valence-corrected chi connectivity index (χ0v) is 18.5. The molecule has 0 aliphatic rings. The molecule has 0 radical (unpaired) electrons. The van der Waals surface area contributed by atoms with Crippen LogP contribution >= 0.6 is 11.3 Å². The number of hydrogen-bond acceptors (Lipinski definition) is 4. The summed E-state index contributed by atoms with van der Waals surface area (Å²) in [5.41, 5.74) is 2.98. The van der Waals surface area contributed by atoms with E-state index in [0.29, 0.717) is 11.6 Å². The molecule has 0 spiro atoms. The van der Waals surface area contributed by atoms with Crippen LogP contribution in [0, 0.1) is 12.8 Å². The van der Waals surface area contributed by atoms with Crippen LogP contribution in [-0.2, 0) is 13.6 Å². The maximum atomic E-state index is 13.3. The van der Waals surface area contributed by atoms with E-state index in [1.165, 1.54) is 11.3 Å². The fourth-order valence-electron chi connectivity index (χ4n) is 3.42. The molecule has 0 saturated carbocycles. The van der Waals surface area contributed by atoms with Gasteiger partial charge in [-0.05, 0) is 43.5 Å². The van der Waals surface area contributed by atoms with Crippen LogP contribution in [0.5, 0.6) is 0 Å². The molecule has 4 aromatic rings. The van der Waals surface area contributed by atoms with Gasteiger partial charge in [0.25, 0.3) is 5.56 Å². The number of nitrogens with zero attached hydrogens (tertiary/aromatic N) is 4. The maximum Gasteiger partial charge on any atom is 0.297 e. The first-order chi connectivity index (χ1) is 14.5. The number of rotatable bonds is 6. The number of benzene rings is 1. The second-order valence-corrected chi connectivity index (χ2v) is 8.57. The average molecular weight is 423 g/mol. The molecule has 3 heterocycles. The highest BCUT2D eigenvalue weighted by molar-refractivity contribution is 7.07. The standard InChI is InChI=1S/C23H26N4O2S/c1-16(2)12-13-26-19(20-11-8-14-29-20)15-30-23(26)24-21-17(3)25(4)27(22(21)28)18-9-6-5-7-10-18/h5-11,14-16H,12-13H2,1-4H3. The molecule has 0 amide bonds. The fraction of sp³-hybridized carbons (Fsp3) is 0.304. The van der Waals surface area contributed by atoms with Gasteiger partial charge >= 0.3 is 0 Å². The summed E-state index contributed by atoms with van der Waals surface area (Å²) in [6, 6.07) is 13.5. The van der Waals surface area contributed by atoms with Gasteiger partial charge in [0.05, 0.1) is 23.3 Å². The van der Waals surface area contributed by atoms with Crippen molar-refractivity contribution < 1.29 is 4.42 Å². The summed E-state index contributed by atoms with van der Waals surface area (Å²) in [4.78, 5) is 18.9. The second kappa shape index (κ2) is 8.36. The topological polar surface area (TPSA) is 57.4 Å². The summed E-state index contributed by atoms with van der Waals surface area (Å²) in [5, 5.41) is 2.05. The van der Waals surface area contributed by atoms with Gasteiger partial charge in [-0.3, -0.25) is 9.48 Å². The Morgan fingerprint density at radius 2 is 1.90 bits per heavy atom. The van der Waals surface area contributed by atoms with Gasteiger partial charge in [0.15, 0.2) is 16.2 Å². The van der Waals surface area contributed by atoms with Gasteiger partial charge in [-0.15, -0.1) is 11.3 Å². The van der Waals surface area contributed by atoms with Gasteiger partial charge < -0.3 is 8.98 Å². The number of aromatic nitrogens is 3. The molecule has 1 aromatic carbocycles. The highest BCUT2D eigenvalue weighted by atomic mass is 32.1. The SMILES string of the molecule is Cc1c(N=c2scc(-c3ccco3)n2CCC(C)C)c(=O)n(-c2ccccc2)n1C. The van der Waals surface area contributed by atoms with Crippen molar-refractivity contribution >= 4 is 17.0 Å². The zero-order valence-electron chi connectivity index (χ0n) is 17.7. The molecule has 3 aromatic heterocycles. The molecule has 7 heteroatoms. The molecule has 0 bridgehead atoms. The largest absolute Gasteiger partial charge is 0.463 e. The molecule has 30 heavy (non-hydrogen) atoms. The van der Waals surface area contributed by atoms with E-state index in [0.717, 1.165) is 40.6 Å². The van der Waals surface area contributed by atoms with Crippen molar-refractivity contribution in [1.29, 1.82) is 0 Å². The van der Waals surface area contributed by atoms with Crippen LogP contribution in [-0.4, -0.2) is 13.9 Å². The number of thiazole rings is 1. The van der Waals surface area contributed by atoms with Crippen molar-refractivity contribution in [3.8, 4) is 17.1 Å². The van der Waals surface area contributed by atoms with Crippen LogP contribution in [0.2, 0.25) is 0 Å². The fourth-order valence-corrected chi connectivity index (χ4v) is 4.34. The minimum Gasteiger partial charge on any atom is -0.463 e. The molecular formula is C23H26N4O2S. The Morgan fingerprint density at radius 3 is 2.57 bits per heavy atom. The quantitative estimate of drug-likeness (QED) is 0.444. The summed E-state index contributed by atoms with van der Waals surface area (Å²) < 4.78 is 11.3. The number of para-hydroxylation sites is 1. The van der Waals surface area contributed by atoms with Crippen LogP contribution in [0.25, 0.3) is 17.1 Å². The monoisotopic (exact) mass is 422 g/mol. The molecule has 4 rings (SSSR count). The third-order valence-electron chi connectivity index (χ3n) is 5.23. The van der Waals surface area contributed by atoms with E-state index in [1.807, 2.05) is 66.5 Å². The van der Waals surface area contributed by atoms with E-state index in [2.05, 4.69) is 18.4 Å². The first-order valence-electron chi connectivity index (χ1n) is 10.1. The lowest BCUT2D eigenvalue weighted by molar-refractivity contribution is 0.505. The summed E-state index contributed by atoms with van der Waals surface area (Å²) in [7, 11) is 1.89. The molecule has 0 unspecified atom stereocenters. The molecular weight excluding hydrogens is 396 g/mol. The lowest BCUT2D eigenvalue weighted by Gasteiger charge is -2.09. The van der Waals surface area contributed by atoms with Gasteiger partial charge in [-0.1, -0.05) is 32.0 Å². The van der Waals surface area contributed by atoms with Crippen LogP contribution in [0.4, 0.5) is 5.69 Å². The first-order valence-corrected chi connectivity index (χ1v) is 11.0. The summed E-state index contributed by atoms with van der Waals surface area (Å²) >= 11 is 1.53. The highest BCUT2D eigenvalue weighted by Crippen LogP contribution is 2.23. The van der Waals surface area contributed by atoms with E-state index in [4.69, 9.17) is 9.41 Å². The summed E-state index contributed by atoms with van der Waals surface area (Å²) in [5.74, 6) is 1.37. The van der Waals surface area contributed by atoms with E-state index in [9.17, 15) is 4.79 Å². The lowest BCUT2D eigenvalue weighted by atomic mass is 10.1. The normalized spacial score (nSPS) is 12.2. The summed E-state index contributed by atoms with van der Waals surface area (Å²) in [6.07, 6.45) is 2.69. The third-order valence-corrected chi connectivity index (χ3v) is 6.10. The molecule has 0 aliphatic carbocycles. The van der Waals surface area contributed by atoms with E-state index in [-0.39, 0.29) is 5.56 Å². The van der Waals surface area contributed by atoms with Crippen molar-refractivity contribution in [1.82, 2.24) is 13.9 Å². The number of furan rings is 1. The van der Waals surface area contributed by atoms with Gasteiger partial charge in [-0.25, -0.2) is 9.67 Å². The Balaban J connectivity index is 1.87. The van der Waals surface area contributed by atoms with Crippen LogP contribution in [0.1, 0.15) is 26.0 Å². The van der Waals surface area contributed by atoms with Crippen LogP contribution < -0.4 is 10.4 Å². The van der Waals surface area contributed by atoms with Crippen molar-refractivity contribution in [3.05, 3.63) is 75.0 Å². The Hall–Kier alpha value is -3.06. The van der Waals surface area contributed by atoms with Crippen molar-refractivity contribution in [3.63, 3.8) is 0 Å². The smallest absolute Gasteiger partial charge is 0.297 e. The zero-order chi connectivity index (χ0) is 21.3. The van der Waals surface area contributed by atoms with Crippen molar-refractivity contribution in [2.45, 2.75) is 33.7 Å². The Bertz CT molecular complexity index is 1260. The van der Waals surface area contributed by atoms with Crippen LogP contribution in [0.3, 0.4) is 0 Å². The maximum absolute atomic E-state index is 13.3. The molecule has 0 N–H and O–H groups in total. The van der Waals surface area contributed by atoms with E-state index >= 15 is 0 Å². The third kappa shape index (κ3) is 3.73. The van der Waals surface area contributed by atoms with Crippen LogP contribution in [0.15, 0.2) is 68.3 Å². The van der Waals surface area contributed by atoms with Gasteiger partial charge in [0, 0.05) is 19.0 Å². The van der Waals surface area contributed by atoms with Gasteiger partial charge in [-0.2, -0.15) is 0 Å². The average Bonchev–Trinajstić information content (AvgIpc) is 3.44. The molecule has 6 nitrogen and oxygen atoms in total. The number of hydrogen-bond donors (Lipinski definition) is 0. The molecule has 0 atom stereocenters. The van der Waals surface area contributed by atoms with Gasteiger partial charge in [0.2, 0.25) is 0 Å². The lowest BCUT2D eigenvalue weighted by Crippen LogP contribution is -2.20. The Morgan fingerprint density at radius 1 is 1.13 bits per heavy atom. The molecule has 0 saturated heterocycles. The molecule has 0 aliphatic heterocycles. The second-order valence-electron chi connectivity index (χ2n) is 7.74. The Labute approximate surface area is 179 Å². The van der Waals surface area contributed by atoms with E-state index in [1.54, 1.807) is 10.9 Å². The predicted molar refractivity (Wildman–Crippen MR) is 120 cm³/mol. The highest BCUT2D eigenvalue weighted by Gasteiger charge is 2.17. The minimum absolute atomic E-state index is 0.121. The molecule has 156 valence electrons. The van der Waals surface area contributed by atoms with E-state index < -0.39 is 0 Å². The molecule has 0 fully saturated rings. The Kier molecular flexibility index (Phi) is 5.63.